The van der Waals surface area contributed by atoms with E-state index < -0.39 is 27.5 Å². The first kappa shape index (κ1) is 36.2. The van der Waals surface area contributed by atoms with Crippen molar-refractivity contribution >= 4 is 39.1 Å². The molecule has 51 heavy (non-hydrogen) atoms. The van der Waals surface area contributed by atoms with Gasteiger partial charge in [0.05, 0.1) is 43.8 Å². The molecule has 2 aromatic carbocycles. The molecule has 1 unspecified atom stereocenters. The number of urea groups is 1. The van der Waals surface area contributed by atoms with Crippen molar-refractivity contribution < 1.29 is 33.1 Å². The van der Waals surface area contributed by atoms with E-state index in [9.17, 15) is 18.9 Å². The fourth-order valence-electron chi connectivity index (χ4n) is 8.65. The van der Waals surface area contributed by atoms with Gasteiger partial charge in [0.25, 0.3) is 5.91 Å². The second-order valence-electron chi connectivity index (χ2n) is 15.3. The third-order valence-electron chi connectivity index (χ3n) is 11.7. The van der Waals surface area contributed by atoms with Crippen molar-refractivity contribution in [2.24, 2.45) is 22.1 Å². The molecular weight excluding hydrogens is 692 g/mol. The molecule has 7 rings (SSSR count). The van der Waals surface area contributed by atoms with Crippen molar-refractivity contribution in [2.45, 2.75) is 62.6 Å². The van der Waals surface area contributed by atoms with Crippen molar-refractivity contribution in [3.05, 3.63) is 70.3 Å². The molecule has 2 N–H and O–H groups in total. The predicted molar refractivity (Wildman–Crippen MR) is 197 cm³/mol. The van der Waals surface area contributed by atoms with E-state index >= 15 is 0 Å². The van der Waals surface area contributed by atoms with Crippen LogP contribution in [-0.4, -0.2) is 97.2 Å². The lowest BCUT2D eigenvalue weighted by Gasteiger charge is -2.47. The number of likely N-dealkylation sites (tertiary alicyclic amines) is 1. The number of fused-ring (bicyclic) bond motifs is 4. The highest BCUT2D eigenvalue weighted by Gasteiger charge is 2.47. The first-order valence-corrected chi connectivity index (χ1v) is 20.1. The van der Waals surface area contributed by atoms with Gasteiger partial charge in [-0.2, -0.15) is 0 Å². The summed E-state index contributed by atoms with van der Waals surface area (Å²) in [7, 11) is -0.321. The molecule has 5 aliphatic rings. The maximum Gasteiger partial charge on any atom is 0.330 e. The number of rotatable bonds is 4. The largest absolute Gasteiger partial charge is 0.490 e. The Morgan fingerprint density at radius 3 is 2.73 bits per heavy atom. The summed E-state index contributed by atoms with van der Waals surface area (Å²) < 4.78 is 39.4. The number of nitrogens with zero attached hydrogens (tertiary/aromatic N) is 3. The van der Waals surface area contributed by atoms with Crippen molar-refractivity contribution in [3.8, 4) is 5.75 Å². The summed E-state index contributed by atoms with van der Waals surface area (Å²) >= 11 is 6.45. The lowest BCUT2D eigenvalue weighted by Crippen LogP contribution is -2.68. The Hall–Kier alpha value is -3.16. The molecule has 276 valence electrons. The third-order valence-corrected chi connectivity index (χ3v) is 13.9. The van der Waals surface area contributed by atoms with E-state index in [2.05, 4.69) is 38.3 Å². The summed E-state index contributed by atoms with van der Waals surface area (Å²) in [5, 5.41) is 10.5. The van der Waals surface area contributed by atoms with Crippen molar-refractivity contribution in [1.29, 1.82) is 0 Å². The van der Waals surface area contributed by atoms with E-state index in [0.29, 0.717) is 37.2 Å². The quantitative estimate of drug-likeness (QED) is 0.400. The van der Waals surface area contributed by atoms with Gasteiger partial charge in [-0.05, 0) is 97.7 Å². The van der Waals surface area contributed by atoms with Gasteiger partial charge in [-0.1, -0.05) is 36.7 Å². The van der Waals surface area contributed by atoms with Crippen molar-refractivity contribution in [3.63, 3.8) is 0 Å². The van der Waals surface area contributed by atoms with Crippen LogP contribution in [0.1, 0.15) is 60.5 Å². The van der Waals surface area contributed by atoms with E-state index in [-0.39, 0.29) is 48.4 Å². The lowest BCUT2D eigenvalue weighted by atomic mass is 9.68. The van der Waals surface area contributed by atoms with E-state index in [1.165, 1.54) is 23.1 Å². The standard InChI is InChI=1S/C38H49ClN4O7S/c1-25-6-4-8-33(48-2)30-12-9-28(30)18-42-20-37(15-5-7-26-16-29(39)11-13-31(26)37)24-50-34-14-10-27(17-32(34)42)35(45)40-51(47,19-25)41-36(46)43-21-38(22-43,23-44)49-3/h4,8,10-11,13-14,16-17,25,28,30,33,44H,5-7,9,12,15,18-24H2,1-3H3,(H,40,41,45,46,47)/b8-4+/t25-,28-,30+,33-,37-,51?/m0/s1. The zero-order valence-electron chi connectivity index (χ0n) is 29.6. The van der Waals surface area contributed by atoms with Gasteiger partial charge in [0.15, 0.2) is 0 Å². The Bertz CT molecular complexity index is 1820. The van der Waals surface area contributed by atoms with E-state index in [1.807, 2.05) is 25.1 Å². The molecule has 13 heteroatoms. The molecule has 2 fully saturated rings. The van der Waals surface area contributed by atoms with Crippen LogP contribution in [0.15, 0.2) is 52.9 Å². The van der Waals surface area contributed by atoms with Gasteiger partial charge in [-0.15, -0.1) is 4.36 Å². The normalized spacial score (nSPS) is 32.2. The lowest BCUT2D eigenvalue weighted by molar-refractivity contribution is -0.131. The van der Waals surface area contributed by atoms with Crippen LogP contribution in [0.3, 0.4) is 0 Å². The van der Waals surface area contributed by atoms with Crippen molar-refractivity contribution in [2.75, 3.05) is 64.3 Å². The second kappa shape index (κ2) is 14.3. The Morgan fingerprint density at radius 1 is 1.18 bits per heavy atom. The SMILES string of the molecule is CO[C@H]1/C=C/C[C@H](C)CS(=O)(NC(=O)N2CC(CO)(OC)C2)=NC(=O)c2ccc3c(c2)N(C[C@@H]2CC[C@H]21)C[C@@]1(CCCc2cc(Cl)ccc21)CO3. The molecular formula is C38H49ClN4O7S. The number of aliphatic hydroxyl groups excluding tert-OH is 1. The fourth-order valence-corrected chi connectivity index (χ4v) is 10.7. The second-order valence-corrected chi connectivity index (χ2v) is 17.7. The van der Waals surface area contributed by atoms with E-state index in [1.54, 1.807) is 13.2 Å². The predicted octanol–water partition coefficient (Wildman–Crippen LogP) is 5.38. The average Bonchev–Trinajstić information content (AvgIpc) is 3.22. The molecule has 2 aliphatic carbocycles. The number of allylic oxidation sites excluding steroid dienone is 1. The van der Waals surface area contributed by atoms with Crippen molar-refractivity contribution in [1.82, 2.24) is 9.62 Å². The minimum atomic E-state index is -3.55. The smallest absolute Gasteiger partial charge is 0.330 e. The van der Waals surface area contributed by atoms with Crippen LogP contribution in [0, 0.1) is 17.8 Å². The zero-order valence-corrected chi connectivity index (χ0v) is 31.2. The summed E-state index contributed by atoms with van der Waals surface area (Å²) in [6.07, 6.45) is 9.77. The van der Waals surface area contributed by atoms with Crippen LogP contribution in [0.5, 0.6) is 5.75 Å². The number of ether oxygens (including phenoxy) is 3. The monoisotopic (exact) mass is 740 g/mol. The van der Waals surface area contributed by atoms with Gasteiger partial charge in [0, 0.05) is 43.3 Å². The number of aliphatic hydroxyl groups is 1. The molecule has 3 heterocycles. The zero-order chi connectivity index (χ0) is 36.0. The number of carbonyl (C=O) groups excluding carboxylic acids is 2. The van der Waals surface area contributed by atoms with Gasteiger partial charge < -0.3 is 29.1 Å². The van der Waals surface area contributed by atoms with Gasteiger partial charge in [0.2, 0.25) is 0 Å². The number of nitrogens with one attached hydrogen (secondary N) is 1. The topological polar surface area (TPSA) is 130 Å². The highest BCUT2D eigenvalue weighted by Crippen LogP contribution is 2.47. The highest BCUT2D eigenvalue weighted by atomic mass is 35.5. The number of hydrogen-bond acceptors (Lipinski definition) is 8. The van der Waals surface area contributed by atoms with E-state index in [4.69, 9.17) is 25.8 Å². The number of aryl methyl sites for hydroxylation is 1. The Kier molecular flexibility index (Phi) is 10.2. The van der Waals surface area contributed by atoms with Gasteiger partial charge in [0.1, 0.15) is 21.3 Å². The molecule has 3 amide bonds. The highest BCUT2D eigenvalue weighted by molar-refractivity contribution is 7.92. The van der Waals surface area contributed by atoms with Crippen LogP contribution < -0.4 is 14.4 Å². The first-order valence-electron chi connectivity index (χ1n) is 18.0. The number of anilines is 1. The molecule has 1 saturated carbocycles. The van der Waals surface area contributed by atoms with Gasteiger partial charge >= 0.3 is 6.03 Å². The average molecular weight is 741 g/mol. The molecule has 1 saturated heterocycles. The summed E-state index contributed by atoms with van der Waals surface area (Å²) in [5.74, 6) is 0.544. The number of methoxy groups -OCH3 is 2. The van der Waals surface area contributed by atoms with Crippen LogP contribution in [0.2, 0.25) is 5.02 Å². The molecule has 3 aliphatic heterocycles. The summed E-state index contributed by atoms with van der Waals surface area (Å²) in [6, 6.07) is 10.9. The summed E-state index contributed by atoms with van der Waals surface area (Å²) in [4.78, 5) is 31.1. The maximum absolute atomic E-state index is 14.5. The molecule has 1 spiro atoms. The molecule has 6 atom stereocenters. The van der Waals surface area contributed by atoms with Gasteiger partial charge in [-0.3, -0.25) is 9.52 Å². The number of amides is 3. The minimum absolute atomic E-state index is 0.0199. The fraction of sp³-hybridized carbons (Fsp3) is 0.579. The molecule has 2 aromatic rings. The van der Waals surface area contributed by atoms with Gasteiger partial charge in [-0.25, -0.2) is 9.00 Å². The van der Waals surface area contributed by atoms with Crippen LogP contribution in [0.25, 0.3) is 0 Å². The molecule has 11 nitrogen and oxygen atoms in total. The third kappa shape index (κ3) is 7.14. The minimum Gasteiger partial charge on any atom is -0.490 e. The van der Waals surface area contributed by atoms with Crippen LogP contribution in [0.4, 0.5) is 10.5 Å². The van der Waals surface area contributed by atoms with E-state index in [0.717, 1.165) is 49.4 Å². The Balaban J connectivity index is 1.27. The van der Waals surface area contributed by atoms with Crippen LogP contribution in [-0.2, 0) is 31.2 Å². The Labute approximate surface area is 306 Å². The number of hydrogen-bond donors (Lipinski definition) is 2. The summed E-state index contributed by atoms with van der Waals surface area (Å²) in [5.41, 5.74) is 2.48. The first-order chi connectivity index (χ1) is 24.5. The summed E-state index contributed by atoms with van der Waals surface area (Å²) in [6.45, 7) is 3.92. The van der Waals surface area contributed by atoms with Crippen LogP contribution >= 0.6 is 11.6 Å². The number of halogens is 1. The Morgan fingerprint density at radius 2 is 2.00 bits per heavy atom. The maximum atomic E-state index is 14.5. The number of carbonyl (C=O) groups is 2. The number of benzene rings is 2. The molecule has 0 radical (unpaired) electrons. The molecule has 0 aromatic heterocycles. The molecule has 2 bridgehead atoms.